The highest BCUT2D eigenvalue weighted by Gasteiger charge is 2.35. The third-order valence-corrected chi connectivity index (χ3v) is 6.16. The minimum Gasteiger partial charge on any atom is -0.482 e. The average molecular weight is 517 g/mol. The van der Waals surface area contributed by atoms with E-state index in [0.29, 0.717) is 42.3 Å². The van der Waals surface area contributed by atoms with Crippen molar-refractivity contribution < 1.29 is 27.8 Å². The molecule has 2 aromatic carbocycles. The smallest absolute Gasteiger partial charge is 0.431 e. The molecule has 0 unspecified atom stereocenters. The molecule has 1 N–H and O–H groups in total. The number of aliphatic carboxylic acids is 1. The predicted octanol–water partition coefficient (Wildman–Crippen LogP) is 4.25. The van der Waals surface area contributed by atoms with Crippen LogP contribution in [0.4, 0.5) is 13.2 Å². The second-order valence-corrected chi connectivity index (χ2v) is 8.56. The Hall–Kier alpha value is -4.19. The zero-order valence-corrected chi connectivity index (χ0v) is 19.5. The van der Waals surface area contributed by atoms with Crippen molar-refractivity contribution >= 4 is 27.6 Å². The first-order chi connectivity index (χ1) is 17.0. The van der Waals surface area contributed by atoms with Crippen molar-refractivity contribution in [2.24, 2.45) is 0 Å². The fraction of sp³-hybridized carbons (Fsp3) is 0.167. The van der Waals surface area contributed by atoms with Crippen molar-refractivity contribution in [1.29, 1.82) is 0 Å². The highest BCUT2D eigenvalue weighted by molar-refractivity contribution is 7.13. The summed E-state index contributed by atoms with van der Waals surface area (Å²) < 4.78 is 51.9. The van der Waals surface area contributed by atoms with E-state index in [1.165, 1.54) is 12.1 Å². The van der Waals surface area contributed by atoms with Gasteiger partial charge in [0.15, 0.2) is 6.61 Å². The van der Waals surface area contributed by atoms with Crippen molar-refractivity contribution in [3.63, 3.8) is 0 Å². The van der Waals surface area contributed by atoms with E-state index in [0.717, 1.165) is 23.2 Å². The van der Waals surface area contributed by atoms with Crippen LogP contribution in [0.2, 0.25) is 0 Å². The Morgan fingerprint density at radius 1 is 1.19 bits per heavy atom. The van der Waals surface area contributed by atoms with Gasteiger partial charge in [-0.25, -0.2) is 14.2 Å². The molecule has 4 aromatic rings. The van der Waals surface area contributed by atoms with E-state index in [2.05, 4.69) is 11.0 Å². The Balaban J connectivity index is 1.89. The monoisotopic (exact) mass is 517 g/mol. The number of alkyl halides is 3. The maximum absolute atomic E-state index is 13.5. The summed E-state index contributed by atoms with van der Waals surface area (Å²) in [4.78, 5) is 36.5. The van der Waals surface area contributed by atoms with E-state index in [1.54, 1.807) is 24.3 Å². The summed E-state index contributed by atoms with van der Waals surface area (Å²) >= 11 is 1.15. The van der Waals surface area contributed by atoms with Crippen LogP contribution in [-0.4, -0.2) is 31.2 Å². The van der Waals surface area contributed by atoms with Crippen molar-refractivity contribution in [3.8, 4) is 22.7 Å². The lowest BCUT2D eigenvalue weighted by molar-refractivity contribution is -0.144. The molecule has 2 heterocycles. The molecule has 4 rings (SSSR count). The van der Waals surface area contributed by atoms with Crippen LogP contribution in [0.25, 0.3) is 27.0 Å². The second kappa shape index (κ2) is 9.46. The molecular weight excluding hydrogens is 499 g/mol. The molecule has 0 fully saturated rings. The van der Waals surface area contributed by atoms with Crippen LogP contribution in [0.5, 0.6) is 5.75 Å². The van der Waals surface area contributed by atoms with Gasteiger partial charge in [0.2, 0.25) is 0 Å². The molecule has 0 bridgehead atoms. The fourth-order valence-electron chi connectivity index (χ4n) is 3.71. The Kier molecular flexibility index (Phi) is 6.55. The summed E-state index contributed by atoms with van der Waals surface area (Å²) in [7, 11) is 0. The summed E-state index contributed by atoms with van der Waals surface area (Å²) in [6, 6.07) is 9.94. The first kappa shape index (κ1) is 24.9. The van der Waals surface area contributed by atoms with Gasteiger partial charge in [-0.2, -0.15) is 17.5 Å². The maximum atomic E-state index is 13.5. The number of nitrogens with zero attached hydrogens (tertiary/aromatic N) is 3. The Morgan fingerprint density at radius 3 is 2.61 bits per heavy atom. The lowest BCUT2D eigenvalue weighted by Gasteiger charge is -2.16. The maximum Gasteiger partial charge on any atom is 0.431 e. The summed E-state index contributed by atoms with van der Waals surface area (Å²) in [5.41, 5.74) is -1.65. The topological polar surface area (TPSA) is 103 Å². The van der Waals surface area contributed by atoms with E-state index < -0.39 is 42.2 Å². The SMILES string of the molecule is C=CCn1c(C(F)(F)F)cc(=O)n(-c2ccc3snc(-c4cc(OCC(=O)O)ccc4C)c3c2)c1=O. The highest BCUT2D eigenvalue weighted by atomic mass is 32.1. The number of carbonyl (C=O) groups is 1. The van der Waals surface area contributed by atoms with Gasteiger partial charge in [0.05, 0.1) is 16.1 Å². The van der Waals surface area contributed by atoms with E-state index in [-0.39, 0.29) is 5.69 Å². The molecule has 0 aliphatic carbocycles. The number of rotatable bonds is 7. The van der Waals surface area contributed by atoms with Crippen LogP contribution in [0.15, 0.2) is 64.7 Å². The van der Waals surface area contributed by atoms with Crippen molar-refractivity contribution in [1.82, 2.24) is 13.5 Å². The molecule has 0 amide bonds. The molecule has 0 spiro atoms. The molecule has 0 saturated carbocycles. The molecule has 0 aliphatic heterocycles. The highest BCUT2D eigenvalue weighted by Crippen LogP contribution is 2.35. The number of hydrogen-bond acceptors (Lipinski definition) is 6. The number of halogens is 3. The van der Waals surface area contributed by atoms with Crippen molar-refractivity contribution in [2.75, 3.05) is 6.61 Å². The van der Waals surface area contributed by atoms with Gasteiger partial charge < -0.3 is 9.84 Å². The van der Waals surface area contributed by atoms with Gasteiger partial charge in [-0.05, 0) is 54.4 Å². The number of carboxylic acid groups (broad SMARTS) is 1. The molecule has 12 heteroatoms. The number of ether oxygens (including phenoxy) is 1. The average Bonchev–Trinajstić information content (AvgIpc) is 3.22. The lowest BCUT2D eigenvalue weighted by Crippen LogP contribution is -2.41. The first-order valence-corrected chi connectivity index (χ1v) is 11.2. The minimum atomic E-state index is -4.90. The number of aryl methyl sites for hydroxylation is 1. The number of hydrogen-bond donors (Lipinski definition) is 1. The number of fused-ring (bicyclic) bond motifs is 1. The predicted molar refractivity (Wildman–Crippen MR) is 128 cm³/mol. The second-order valence-electron chi connectivity index (χ2n) is 7.75. The third-order valence-electron chi connectivity index (χ3n) is 5.33. The van der Waals surface area contributed by atoms with Crippen LogP contribution in [0.1, 0.15) is 11.3 Å². The molecule has 0 radical (unpaired) electrons. The molecule has 0 aliphatic rings. The Morgan fingerprint density at radius 2 is 1.94 bits per heavy atom. The Bertz CT molecular complexity index is 1620. The molecule has 0 saturated heterocycles. The van der Waals surface area contributed by atoms with Gasteiger partial charge in [0.25, 0.3) is 5.56 Å². The number of allylic oxidation sites excluding steroid dienone is 1. The Labute approximate surface area is 205 Å². The number of aromatic nitrogens is 3. The summed E-state index contributed by atoms with van der Waals surface area (Å²) in [5, 5.41) is 9.42. The standard InChI is InChI=1S/C24H18F3N3O5S/c1-3-8-29-19(24(25,26)27)11-20(31)30(23(29)34)14-5-7-18-17(9-14)22(28-36-18)16-10-15(6-4-13(16)2)35-12-21(32)33/h3-7,9-11H,1,8,12H2,2H3,(H,32,33). The third kappa shape index (κ3) is 4.67. The molecule has 186 valence electrons. The minimum absolute atomic E-state index is 0.0708. The largest absolute Gasteiger partial charge is 0.482 e. The van der Waals surface area contributed by atoms with Crippen LogP contribution in [-0.2, 0) is 17.5 Å². The van der Waals surface area contributed by atoms with E-state index >= 15 is 0 Å². The normalized spacial score (nSPS) is 11.6. The van der Waals surface area contributed by atoms with E-state index in [1.807, 2.05) is 6.92 Å². The first-order valence-electron chi connectivity index (χ1n) is 10.4. The molecule has 8 nitrogen and oxygen atoms in total. The van der Waals surface area contributed by atoms with Crippen LogP contribution < -0.4 is 16.0 Å². The molecular formula is C24H18F3N3O5S. The van der Waals surface area contributed by atoms with Gasteiger partial charge in [-0.3, -0.25) is 9.36 Å². The van der Waals surface area contributed by atoms with Gasteiger partial charge in [-0.1, -0.05) is 12.1 Å². The van der Waals surface area contributed by atoms with E-state index in [9.17, 15) is 27.6 Å². The summed E-state index contributed by atoms with van der Waals surface area (Å²) in [6.45, 7) is 4.25. The van der Waals surface area contributed by atoms with Gasteiger partial charge in [-0.15, -0.1) is 6.58 Å². The molecule has 0 atom stereocenters. The molecule has 2 aromatic heterocycles. The fourth-order valence-corrected chi connectivity index (χ4v) is 4.48. The summed E-state index contributed by atoms with van der Waals surface area (Å²) in [5.74, 6) is -0.827. The van der Waals surface area contributed by atoms with Gasteiger partial charge >= 0.3 is 17.8 Å². The van der Waals surface area contributed by atoms with Crippen LogP contribution in [0, 0.1) is 6.92 Å². The quantitative estimate of drug-likeness (QED) is 0.368. The molecule has 36 heavy (non-hydrogen) atoms. The van der Waals surface area contributed by atoms with Gasteiger partial charge in [0, 0.05) is 23.6 Å². The van der Waals surface area contributed by atoms with Crippen LogP contribution in [0.3, 0.4) is 0 Å². The zero-order chi connectivity index (χ0) is 26.2. The van der Waals surface area contributed by atoms with Gasteiger partial charge in [0.1, 0.15) is 11.4 Å². The van der Waals surface area contributed by atoms with Crippen molar-refractivity contribution in [3.05, 3.63) is 87.2 Å². The van der Waals surface area contributed by atoms with E-state index in [4.69, 9.17) is 9.84 Å². The summed E-state index contributed by atoms with van der Waals surface area (Å²) in [6.07, 6.45) is -3.77. The lowest BCUT2D eigenvalue weighted by atomic mass is 10.0. The number of benzene rings is 2. The zero-order valence-electron chi connectivity index (χ0n) is 18.7. The number of carboxylic acids is 1. The van der Waals surface area contributed by atoms with Crippen LogP contribution >= 0.6 is 11.5 Å². The van der Waals surface area contributed by atoms with Crippen molar-refractivity contribution in [2.45, 2.75) is 19.6 Å².